The van der Waals surface area contributed by atoms with Crippen LogP contribution in [0.5, 0.6) is 17.2 Å². The van der Waals surface area contributed by atoms with Crippen molar-refractivity contribution in [3.63, 3.8) is 0 Å². The van der Waals surface area contributed by atoms with Gasteiger partial charge in [0.2, 0.25) is 5.75 Å². The maximum atomic E-state index is 5.38. The van der Waals surface area contributed by atoms with E-state index < -0.39 is 0 Å². The number of hydrogen-bond acceptors (Lipinski definition) is 7. The van der Waals surface area contributed by atoms with Crippen LogP contribution in [0.25, 0.3) is 11.0 Å². The summed E-state index contributed by atoms with van der Waals surface area (Å²) in [5.41, 5.74) is 2.54. The number of imidazole rings is 1. The van der Waals surface area contributed by atoms with E-state index in [4.69, 9.17) is 18.9 Å². The fourth-order valence-electron chi connectivity index (χ4n) is 2.77. The molecule has 0 aliphatic carbocycles. The minimum atomic E-state index is 0.445. The molecule has 0 radical (unpaired) electrons. The molecule has 2 heterocycles. The Kier molecular flexibility index (Phi) is 5.13. The van der Waals surface area contributed by atoms with Gasteiger partial charge in [0.15, 0.2) is 11.5 Å². The Morgan fingerprint density at radius 1 is 1.00 bits per heavy atom. The molecule has 0 atom stereocenters. The highest BCUT2D eigenvalue weighted by Crippen LogP contribution is 2.40. The normalized spacial score (nSPS) is 10.8. The Labute approximate surface area is 151 Å². The lowest BCUT2D eigenvalue weighted by atomic mass is 10.2. The van der Waals surface area contributed by atoms with E-state index in [1.807, 2.05) is 29.8 Å². The van der Waals surface area contributed by atoms with Gasteiger partial charge in [-0.3, -0.25) is 0 Å². The molecule has 3 aromatic rings. The van der Waals surface area contributed by atoms with E-state index in [1.165, 1.54) is 0 Å². The topological polar surface area (TPSA) is 79.7 Å². The van der Waals surface area contributed by atoms with Crippen LogP contribution >= 0.6 is 0 Å². The number of benzene rings is 1. The van der Waals surface area contributed by atoms with Crippen LogP contribution in [0.15, 0.2) is 24.4 Å². The maximum Gasteiger partial charge on any atom is 0.203 e. The van der Waals surface area contributed by atoms with Crippen molar-refractivity contribution in [2.45, 2.75) is 6.61 Å². The standard InChI is InChI=1S/C18H22N4O4/c1-22-13-8-16(19-9-12(13)21-17(22)10-23-2)20-11-6-14(24-3)18(26-5)15(7-11)25-4/h6-9H,10H2,1-5H3,(H,19,20). The van der Waals surface area contributed by atoms with Gasteiger partial charge in [0.1, 0.15) is 23.8 Å². The lowest BCUT2D eigenvalue weighted by Crippen LogP contribution is -2.00. The molecular weight excluding hydrogens is 336 g/mol. The zero-order valence-electron chi connectivity index (χ0n) is 15.5. The Balaban J connectivity index is 1.97. The largest absolute Gasteiger partial charge is 0.493 e. The number of fused-ring (bicyclic) bond motifs is 1. The summed E-state index contributed by atoms with van der Waals surface area (Å²) >= 11 is 0. The number of anilines is 2. The third kappa shape index (κ3) is 3.23. The molecular formula is C18H22N4O4. The van der Waals surface area contributed by atoms with E-state index in [0.717, 1.165) is 22.5 Å². The molecule has 0 bridgehead atoms. The molecule has 1 N–H and O–H groups in total. The van der Waals surface area contributed by atoms with Crippen molar-refractivity contribution in [3.8, 4) is 17.2 Å². The molecule has 26 heavy (non-hydrogen) atoms. The number of hydrogen-bond donors (Lipinski definition) is 1. The van der Waals surface area contributed by atoms with E-state index in [-0.39, 0.29) is 0 Å². The molecule has 0 unspecified atom stereocenters. The average molecular weight is 358 g/mol. The Bertz CT molecular complexity index is 898. The van der Waals surface area contributed by atoms with Gasteiger partial charge in [0, 0.05) is 38.0 Å². The van der Waals surface area contributed by atoms with E-state index in [9.17, 15) is 0 Å². The molecule has 1 aromatic carbocycles. The maximum absolute atomic E-state index is 5.38. The number of methoxy groups -OCH3 is 4. The minimum Gasteiger partial charge on any atom is -0.493 e. The van der Waals surface area contributed by atoms with Crippen LogP contribution in [0.3, 0.4) is 0 Å². The molecule has 3 rings (SSSR count). The summed E-state index contributed by atoms with van der Waals surface area (Å²) in [4.78, 5) is 8.95. The van der Waals surface area contributed by atoms with Gasteiger partial charge in [-0.2, -0.15) is 0 Å². The van der Waals surface area contributed by atoms with Crippen molar-refractivity contribution in [2.75, 3.05) is 33.8 Å². The van der Waals surface area contributed by atoms with Crippen LogP contribution in [-0.4, -0.2) is 43.0 Å². The van der Waals surface area contributed by atoms with E-state index in [0.29, 0.717) is 29.7 Å². The van der Waals surface area contributed by atoms with E-state index in [2.05, 4.69) is 15.3 Å². The lowest BCUT2D eigenvalue weighted by Gasteiger charge is -2.15. The summed E-state index contributed by atoms with van der Waals surface area (Å²) in [6.07, 6.45) is 1.73. The summed E-state index contributed by atoms with van der Waals surface area (Å²) < 4.78 is 23.3. The summed E-state index contributed by atoms with van der Waals surface area (Å²) in [5.74, 6) is 3.20. The number of rotatable bonds is 7. The zero-order chi connectivity index (χ0) is 18.7. The molecule has 0 fully saturated rings. The second-order valence-electron chi connectivity index (χ2n) is 5.62. The molecule has 138 valence electrons. The highest BCUT2D eigenvalue weighted by atomic mass is 16.5. The Morgan fingerprint density at radius 2 is 1.69 bits per heavy atom. The van der Waals surface area contributed by atoms with Crippen molar-refractivity contribution < 1.29 is 18.9 Å². The van der Waals surface area contributed by atoms with Crippen LogP contribution in [0.2, 0.25) is 0 Å². The number of nitrogens with zero attached hydrogens (tertiary/aromatic N) is 3. The first-order valence-electron chi connectivity index (χ1n) is 7.98. The molecule has 8 nitrogen and oxygen atoms in total. The first-order chi connectivity index (χ1) is 12.6. The fraction of sp³-hybridized carbons (Fsp3) is 0.333. The lowest BCUT2D eigenvalue weighted by molar-refractivity contribution is 0.176. The molecule has 0 aliphatic rings. The number of aromatic nitrogens is 3. The predicted molar refractivity (Wildman–Crippen MR) is 98.6 cm³/mol. The minimum absolute atomic E-state index is 0.445. The van der Waals surface area contributed by atoms with Gasteiger partial charge in [0.25, 0.3) is 0 Å². The molecule has 0 aliphatic heterocycles. The van der Waals surface area contributed by atoms with Crippen LogP contribution in [-0.2, 0) is 18.4 Å². The number of aryl methyl sites for hydroxylation is 1. The van der Waals surface area contributed by atoms with E-state index >= 15 is 0 Å². The molecule has 0 amide bonds. The second kappa shape index (κ2) is 7.49. The van der Waals surface area contributed by atoms with Crippen LogP contribution < -0.4 is 19.5 Å². The van der Waals surface area contributed by atoms with E-state index in [1.54, 1.807) is 34.6 Å². The Hall–Kier alpha value is -3.00. The quantitative estimate of drug-likeness (QED) is 0.695. The van der Waals surface area contributed by atoms with Crippen molar-refractivity contribution in [1.29, 1.82) is 0 Å². The number of nitrogens with one attached hydrogen (secondary N) is 1. The monoisotopic (exact) mass is 358 g/mol. The fourth-order valence-corrected chi connectivity index (χ4v) is 2.77. The summed E-state index contributed by atoms with van der Waals surface area (Å²) in [6.45, 7) is 0.445. The van der Waals surface area contributed by atoms with Crippen LogP contribution in [0, 0.1) is 0 Å². The molecule has 0 spiro atoms. The molecule has 0 saturated heterocycles. The van der Waals surface area contributed by atoms with Gasteiger partial charge in [-0.1, -0.05) is 0 Å². The first kappa shape index (κ1) is 17.8. The van der Waals surface area contributed by atoms with Gasteiger partial charge >= 0.3 is 0 Å². The highest BCUT2D eigenvalue weighted by molar-refractivity contribution is 5.79. The zero-order valence-corrected chi connectivity index (χ0v) is 15.5. The highest BCUT2D eigenvalue weighted by Gasteiger charge is 2.14. The van der Waals surface area contributed by atoms with Crippen LogP contribution in [0.4, 0.5) is 11.5 Å². The smallest absolute Gasteiger partial charge is 0.203 e. The predicted octanol–water partition coefficient (Wildman–Crippen LogP) is 2.88. The second-order valence-corrected chi connectivity index (χ2v) is 5.62. The summed E-state index contributed by atoms with van der Waals surface area (Å²) in [5, 5.41) is 3.27. The summed E-state index contributed by atoms with van der Waals surface area (Å²) in [7, 11) is 8.33. The van der Waals surface area contributed by atoms with Crippen LogP contribution in [0.1, 0.15) is 5.82 Å². The number of ether oxygens (including phenoxy) is 4. The third-order valence-corrected chi connectivity index (χ3v) is 4.07. The van der Waals surface area contributed by atoms with Crippen molar-refractivity contribution in [3.05, 3.63) is 30.2 Å². The average Bonchev–Trinajstić information content (AvgIpc) is 2.96. The van der Waals surface area contributed by atoms with Crippen molar-refractivity contribution >= 4 is 22.5 Å². The molecule has 8 heteroatoms. The first-order valence-corrected chi connectivity index (χ1v) is 7.98. The Morgan fingerprint density at radius 3 is 2.27 bits per heavy atom. The summed E-state index contributed by atoms with van der Waals surface area (Å²) in [6, 6.07) is 5.59. The van der Waals surface area contributed by atoms with Crippen molar-refractivity contribution in [2.24, 2.45) is 7.05 Å². The molecule has 2 aromatic heterocycles. The number of pyridine rings is 1. The van der Waals surface area contributed by atoms with Crippen molar-refractivity contribution in [1.82, 2.24) is 14.5 Å². The van der Waals surface area contributed by atoms with Gasteiger partial charge in [-0.15, -0.1) is 0 Å². The van der Waals surface area contributed by atoms with Gasteiger partial charge in [-0.25, -0.2) is 9.97 Å². The molecule has 0 saturated carbocycles. The third-order valence-electron chi connectivity index (χ3n) is 4.07. The SMILES string of the molecule is COCc1nc2cnc(Nc3cc(OC)c(OC)c(OC)c3)cc2n1C. The van der Waals surface area contributed by atoms with Gasteiger partial charge in [-0.05, 0) is 0 Å². The van der Waals surface area contributed by atoms with Gasteiger partial charge < -0.3 is 28.8 Å². The van der Waals surface area contributed by atoms with Gasteiger partial charge in [0.05, 0.1) is 33.0 Å².